The van der Waals surface area contributed by atoms with E-state index in [1.807, 2.05) is 25.1 Å². The van der Waals surface area contributed by atoms with Crippen molar-refractivity contribution in [1.29, 1.82) is 0 Å². The molecule has 0 unspecified atom stereocenters. The van der Waals surface area contributed by atoms with Crippen molar-refractivity contribution in [3.05, 3.63) is 58.2 Å². The van der Waals surface area contributed by atoms with Crippen LogP contribution in [0.5, 0.6) is 0 Å². The normalized spacial score (nSPS) is 11.0. The molecule has 1 aromatic carbocycles. The zero-order valence-electron chi connectivity index (χ0n) is 10.8. The first-order valence-corrected chi connectivity index (χ1v) is 7.15. The summed E-state index contributed by atoms with van der Waals surface area (Å²) in [4.78, 5) is 9.06. The van der Waals surface area contributed by atoms with Crippen molar-refractivity contribution < 1.29 is 0 Å². The largest absolute Gasteiger partial charge is 0.305 e. The van der Waals surface area contributed by atoms with Gasteiger partial charge < -0.3 is 5.32 Å². The van der Waals surface area contributed by atoms with Crippen molar-refractivity contribution >= 4 is 22.2 Å². The first kappa shape index (κ1) is 12.3. The van der Waals surface area contributed by atoms with Crippen LogP contribution in [0, 0.1) is 6.92 Å². The van der Waals surface area contributed by atoms with Crippen LogP contribution in [0.3, 0.4) is 0 Å². The van der Waals surface area contributed by atoms with Gasteiger partial charge >= 0.3 is 0 Å². The second-order valence-electron chi connectivity index (χ2n) is 4.46. The van der Waals surface area contributed by atoms with Crippen molar-refractivity contribution in [2.75, 3.05) is 0 Å². The highest BCUT2D eigenvalue weighted by molar-refractivity contribution is 7.09. The Balaban J connectivity index is 1.65. The van der Waals surface area contributed by atoms with Gasteiger partial charge in [-0.25, -0.2) is 4.98 Å². The summed E-state index contributed by atoms with van der Waals surface area (Å²) in [7, 11) is 0. The van der Waals surface area contributed by atoms with Crippen LogP contribution in [0.1, 0.15) is 16.4 Å². The number of rotatable bonds is 4. The first-order chi connectivity index (χ1) is 9.31. The Morgan fingerprint density at radius 2 is 1.84 bits per heavy atom. The standard InChI is InChI=1S/C15H15N3S/c1-11-17-14(10-19-11)9-16-8-13-7-6-12-4-2-3-5-15(12)18-13/h2-7,10,16H,8-9H2,1H3. The zero-order chi connectivity index (χ0) is 13.1. The maximum absolute atomic E-state index is 4.63. The van der Waals surface area contributed by atoms with Crippen LogP contribution in [0.25, 0.3) is 10.9 Å². The molecule has 0 aliphatic carbocycles. The number of benzene rings is 1. The number of aromatic nitrogens is 2. The SMILES string of the molecule is Cc1nc(CNCc2ccc3ccccc3n2)cs1. The number of aryl methyl sites for hydroxylation is 1. The predicted octanol–water partition coefficient (Wildman–Crippen LogP) is 3.29. The maximum Gasteiger partial charge on any atom is 0.0897 e. The molecule has 2 aromatic heterocycles. The molecule has 0 fully saturated rings. The average Bonchev–Trinajstić information content (AvgIpc) is 2.84. The van der Waals surface area contributed by atoms with Crippen molar-refractivity contribution in [1.82, 2.24) is 15.3 Å². The minimum absolute atomic E-state index is 0.765. The van der Waals surface area contributed by atoms with Gasteiger partial charge in [0.15, 0.2) is 0 Å². The van der Waals surface area contributed by atoms with E-state index >= 15 is 0 Å². The van der Waals surface area contributed by atoms with Gasteiger partial charge in [-0.1, -0.05) is 24.3 Å². The summed E-state index contributed by atoms with van der Waals surface area (Å²) in [5.74, 6) is 0. The molecule has 0 saturated heterocycles. The number of hydrogen-bond acceptors (Lipinski definition) is 4. The zero-order valence-corrected chi connectivity index (χ0v) is 11.6. The van der Waals surface area contributed by atoms with Gasteiger partial charge in [-0.3, -0.25) is 4.98 Å². The summed E-state index contributed by atoms with van der Waals surface area (Å²) in [6.45, 7) is 3.58. The summed E-state index contributed by atoms with van der Waals surface area (Å²) in [5.41, 5.74) is 3.21. The van der Waals surface area contributed by atoms with E-state index < -0.39 is 0 Å². The predicted molar refractivity (Wildman–Crippen MR) is 79.1 cm³/mol. The van der Waals surface area contributed by atoms with E-state index in [1.165, 1.54) is 5.39 Å². The number of pyridine rings is 1. The van der Waals surface area contributed by atoms with Crippen molar-refractivity contribution in [3.63, 3.8) is 0 Å². The highest BCUT2D eigenvalue weighted by Gasteiger charge is 2.00. The molecule has 0 aliphatic heterocycles. The molecule has 2 heterocycles. The second-order valence-corrected chi connectivity index (χ2v) is 5.52. The maximum atomic E-state index is 4.63. The summed E-state index contributed by atoms with van der Waals surface area (Å²) < 4.78 is 0. The third kappa shape index (κ3) is 2.97. The number of nitrogens with one attached hydrogen (secondary N) is 1. The molecular weight excluding hydrogens is 254 g/mol. The van der Waals surface area contributed by atoms with Crippen LogP contribution in [0.2, 0.25) is 0 Å². The lowest BCUT2D eigenvalue weighted by atomic mass is 10.2. The van der Waals surface area contributed by atoms with Crippen molar-refractivity contribution in [2.45, 2.75) is 20.0 Å². The van der Waals surface area contributed by atoms with E-state index in [-0.39, 0.29) is 0 Å². The number of para-hydroxylation sites is 1. The molecule has 0 amide bonds. The van der Waals surface area contributed by atoms with Crippen LogP contribution in [0.4, 0.5) is 0 Å². The molecule has 0 aliphatic rings. The average molecular weight is 269 g/mol. The van der Waals surface area contributed by atoms with Gasteiger partial charge in [-0.15, -0.1) is 11.3 Å². The summed E-state index contributed by atoms with van der Waals surface area (Å²) in [6, 6.07) is 12.4. The molecule has 0 bridgehead atoms. The van der Waals surface area contributed by atoms with E-state index in [0.29, 0.717) is 0 Å². The molecule has 3 aromatic rings. The van der Waals surface area contributed by atoms with Gasteiger partial charge in [-0.05, 0) is 19.1 Å². The number of fused-ring (bicyclic) bond motifs is 1. The van der Waals surface area contributed by atoms with Gasteiger partial charge in [0.1, 0.15) is 0 Å². The fourth-order valence-corrected chi connectivity index (χ4v) is 2.63. The van der Waals surface area contributed by atoms with E-state index in [9.17, 15) is 0 Å². The van der Waals surface area contributed by atoms with E-state index in [4.69, 9.17) is 0 Å². The summed E-state index contributed by atoms with van der Waals surface area (Å²) in [6.07, 6.45) is 0. The molecule has 0 atom stereocenters. The lowest BCUT2D eigenvalue weighted by Crippen LogP contribution is -2.13. The van der Waals surface area contributed by atoms with Gasteiger partial charge in [0.2, 0.25) is 0 Å². The molecule has 3 rings (SSSR count). The third-order valence-electron chi connectivity index (χ3n) is 2.93. The van der Waals surface area contributed by atoms with Crippen LogP contribution in [-0.2, 0) is 13.1 Å². The lowest BCUT2D eigenvalue weighted by Gasteiger charge is -2.04. The Morgan fingerprint density at radius 3 is 2.68 bits per heavy atom. The first-order valence-electron chi connectivity index (χ1n) is 6.28. The van der Waals surface area contributed by atoms with Gasteiger partial charge in [0.25, 0.3) is 0 Å². The van der Waals surface area contributed by atoms with Crippen LogP contribution < -0.4 is 5.32 Å². The van der Waals surface area contributed by atoms with Crippen LogP contribution in [0.15, 0.2) is 41.8 Å². The number of nitrogens with zero attached hydrogens (tertiary/aromatic N) is 2. The van der Waals surface area contributed by atoms with Crippen LogP contribution >= 0.6 is 11.3 Å². The van der Waals surface area contributed by atoms with Gasteiger partial charge in [0.05, 0.1) is 21.9 Å². The van der Waals surface area contributed by atoms with Crippen molar-refractivity contribution in [3.8, 4) is 0 Å². The van der Waals surface area contributed by atoms with E-state index in [2.05, 4.69) is 38.9 Å². The fourth-order valence-electron chi connectivity index (χ4n) is 2.01. The Bertz CT molecular complexity index is 690. The molecule has 0 saturated carbocycles. The van der Waals surface area contributed by atoms with Crippen molar-refractivity contribution in [2.24, 2.45) is 0 Å². The second kappa shape index (κ2) is 5.47. The monoisotopic (exact) mass is 269 g/mol. The molecule has 3 nitrogen and oxygen atoms in total. The number of hydrogen-bond donors (Lipinski definition) is 1. The highest BCUT2D eigenvalue weighted by atomic mass is 32.1. The molecule has 19 heavy (non-hydrogen) atoms. The molecule has 1 N–H and O–H groups in total. The number of thiazole rings is 1. The molecule has 96 valence electrons. The quantitative estimate of drug-likeness (QED) is 0.789. The fraction of sp³-hybridized carbons (Fsp3) is 0.200. The minimum atomic E-state index is 0.765. The van der Waals surface area contributed by atoms with Crippen LogP contribution in [-0.4, -0.2) is 9.97 Å². The lowest BCUT2D eigenvalue weighted by molar-refractivity contribution is 0.671. The Labute approximate surface area is 116 Å². The minimum Gasteiger partial charge on any atom is -0.305 e. The summed E-state index contributed by atoms with van der Waals surface area (Å²) >= 11 is 1.69. The van der Waals surface area contributed by atoms with E-state index in [0.717, 1.165) is 35.0 Å². The van der Waals surface area contributed by atoms with E-state index in [1.54, 1.807) is 11.3 Å². The molecule has 0 spiro atoms. The van der Waals surface area contributed by atoms with Gasteiger partial charge in [-0.2, -0.15) is 0 Å². The Kier molecular flexibility index (Phi) is 3.53. The third-order valence-corrected chi connectivity index (χ3v) is 3.76. The molecule has 0 radical (unpaired) electrons. The van der Waals surface area contributed by atoms with Gasteiger partial charge in [0, 0.05) is 23.9 Å². The summed E-state index contributed by atoms with van der Waals surface area (Å²) in [5, 5.41) is 7.76. The topological polar surface area (TPSA) is 37.8 Å². The smallest absolute Gasteiger partial charge is 0.0897 e. The highest BCUT2D eigenvalue weighted by Crippen LogP contribution is 2.12. The molecular formula is C15H15N3S. The molecule has 4 heteroatoms. The Morgan fingerprint density at radius 1 is 1.00 bits per heavy atom. The Hall–Kier alpha value is -1.78.